The summed E-state index contributed by atoms with van der Waals surface area (Å²) in [7, 11) is 0. The predicted molar refractivity (Wildman–Crippen MR) is 92.7 cm³/mol. The zero-order valence-corrected chi connectivity index (χ0v) is 15.0. The van der Waals surface area contributed by atoms with Gasteiger partial charge in [0, 0.05) is 12.1 Å². The molecule has 0 amide bonds. The van der Waals surface area contributed by atoms with Gasteiger partial charge in [0.1, 0.15) is 0 Å². The van der Waals surface area contributed by atoms with E-state index in [0.717, 1.165) is 18.0 Å². The van der Waals surface area contributed by atoms with Crippen molar-refractivity contribution in [3.05, 3.63) is 0 Å². The Hall–Kier alpha value is -0.0800. The molecule has 1 saturated heterocycles. The lowest BCUT2D eigenvalue weighted by molar-refractivity contribution is 0.0599. The van der Waals surface area contributed by atoms with E-state index in [1.54, 1.807) is 0 Å². The molecule has 124 valence electrons. The van der Waals surface area contributed by atoms with Gasteiger partial charge in [-0.3, -0.25) is 4.90 Å². The van der Waals surface area contributed by atoms with Gasteiger partial charge < -0.3 is 5.32 Å². The molecule has 0 spiro atoms. The summed E-state index contributed by atoms with van der Waals surface area (Å²) in [4.78, 5) is 2.85. The molecule has 1 saturated carbocycles. The predicted octanol–water partition coefficient (Wildman–Crippen LogP) is 4.45. The minimum absolute atomic E-state index is 0.472. The Morgan fingerprint density at radius 3 is 2.24 bits per heavy atom. The average molecular weight is 295 g/mol. The highest BCUT2D eigenvalue weighted by molar-refractivity contribution is 4.94. The van der Waals surface area contributed by atoms with Gasteiger partial charge in [-0.05, 0) is 69.5 Å². The molecule has 1 heterocycles. The van der Waals surface area contributed by atoms with E-state index >= 15 is 0 Å². The number of rotatable bonds is 4. The Balaban J connectivity index is 2.04. The van der Waals surface area contributed by atoms with Crippen LogP contribution in [-0.4, -0.2) is 36.6 Å². The Kier molecular flexibility index (Phi) is 6.55. The van der Waals surface area contributed by atoms with Gasteiger partial charge in [0.05, 0.1) is 0 Å². The first-order chi connectivity index (χ1) is 10.0. The monoisotopic (exact) mass is 294 g/mol. The molecule has 1 aliphatic carbocycles. The third kappa shape index (κ3) is 4.96. The van der Waals surface area contributed by atoms with Crippen LogP contribution in [0.1, 0.15) is 79.1 Å². The first kappa shape index (κ1) is 17.3. The van der Waals surface area contributed by atoms with Crippen LogP contribution in [0.25, 0.3) is 0 Å². The van der Waals surface area contributed by atoms with Gasteiger partial charge in [0.25, 0.3) is 0 Å². The van der Waals surface area contributed by atoms with E-state index in [2.05, 4.69) is 37.9 Å². The second-order valence-electron chi connectivity index (χ2n) is 8.45. The summed E-state index contributed by atoms with van der Waals surface area (Å²) in [5, 5.41) is 3.87. The molecule has 2 aliphatic rings. The third-order valence-electron chi connectivity index (χ3n) is 5.81. The molecule has 0 bridgehead atoms. The Bertz CT molecular complexity index is 286. The Morgan fingerprint density at radius 2 is 1.67 bits per heavy atom. The van der Waals surface area contributed by atoms with Crippen LogP contribution in [0.15, 0.2) is 0 Å². The smallest absolute Gasteiger partial charge is 0.0252 e. The van der Waals surface area contributed by atoms with Gasteiger partial charge >= 0.3 is 0 Å². The molecule has 0 aromatic carbocycles. The second-order valence-corrected chi connectivity index (χ2v) is 8.45. The molecular weight excluding hydrogens is 256 g/mol. The van der Waals surface area contributed by atoms with Crippen LogP contribution < -0.4 is 5.32 Å². The number of likely N-dealkylation sites (tertiary alicyclic amines) is 1. The summed E-state index contributed by atoms with van der Waals surface area (Å²) >= 11 is 0. The summed E-state index contributed by atoms with van der Waals surface area (Å²) < 4.78 is 0. The highest BCUT2D eigenvalue weighted by Gasteiger charge is 2.38. The molecule has 21 heavy (non-hydrogen) atoms. The second kappa shape index (κ2) is 7.97. The first-order valence-electron chi connectivity index (χ1n) is 9.49. The van der Waals surface area contributed by atoms with E-state index in [9.17, 15) is 0 Å². The molecule has 3 unspecified atom stereocenters. The quantitative estimate of drug-likeness (QED) is 0.824. The van der Waals surface area contributed by atoms with Crippen molar-refractivity contribution in [1.82, 2.24) is 10.2 Å². The van der Waals surface area contributed by atoms with Crippen molar-refractivity contribution < 1.29 is 0 Å². The summed E-state index contributed by atoms with van der Waals surface area (Å²) in [6, 6.07) is 1.52. The molecule has 0 aromatic rings. The number of hydrogen-bond acceptors (Lipinski definition) is 2. The van der Waals surface area contributed by atoms with Crippen LogP contribution in [-0.2, 0) is 0 Å². The number of nitrogens with zero attached hydrogens (tertiary/aromatic N) is 1. The lowest BCUT2D eigenvalue weighted by atomic mass is 9.69. The van der Waals surface area contributed by atoms with Crippen molar-refractivity contribution in [2.75, 3.05) is 19.6 Å². The molecule has 0 aromatic heterocycles. The molecule has 1 aliphatic heterocycles. The van der Waals surface area contributed by atoms with E-state index < -0.39 is 0 Å². The van der Waals surface area contributed by atoms with Crippen LogP contribution in [0.2, 0.25) is 0 Å². The molecule has 2 fully saturated rings. The van der Waals surface area contributed by atoms with Crippen molar-refractivity contribution in [1.29, 1.82) is 0 Å². The maximum absolute atomic E-state index is 3.87. The van der Waals surface area contributed by atoms with Crippen molar-refractivity contribution in [2.24, 2.45) is 11.3 Å². The molecule has 2 rings (SSSR count). The van der Waals surface area contributed by atoms with Gasteiger partial charge in [0.2, 0.25) is 0 Å². The minimum atomic E-state index is 0.472. The van der Waals surface area contributed by atoms with Crippen LogP contribution in [0.3, 0.4) is 0 Å². The van der Waals surface area contributed by atoms with Crippen molar-refractivity contribution in [3.63, 3.8) is 0 Å². The molecular formula is C19H38N2. The van der Waals surface area contributed by atoms with E-state index in [1.165, 1.54) is 71.0 Å². The van der Waals surface area contributed by atoms with E-state index in [-0.39, 0.29) is 0 Å². The standard InChI is InChI=1S/C19H38N2/c1-5-12-20-17-11-10-16(19(2,3)4)15-18(17)21-13-8-6-7-9-14-21/h16-18,20H,5-15H2,1-4H3. The molecule has 2 heteroatoms. The normalized spacial score (nSPS) is 32.9. The zero-order chi connectivity index (χ0) is 15.3. The van der Waals surface area contributed by atoms with Crippen molar-refractivity contribution in [2.45, 2.75) is 91.1 Å². The van der Waals surface area contributed by atoms with Gasteiger partial charge in [-0.1, -0.05) is 40.5 Å². The zero-order valence-electron chi connectivity index (χ0n) is 15.0. The van der Waals surface area contributed by atoms with Gasteiger partial charge in [-0.2, -0.15) is 0 Å². The topological polar surface area (TPSA) is 15.3 Å². The summed E-state index contributed by atoms with van der Waals surface area (Å²) in [5.74, 6) is 0.894. The number of nitrogens with one attached hydrogen (secondary N) is 1. The third-order valence-corrected chi connectivity index (χ3v) is 5.81. The first-order valence-corrected chi connectivity index (χ1v) is 9.49. The van der Waals surface area contributed by atoms with Crippen molar-refractivity contribution in [3.8, 4) is 0 Å². The maximum atomic E-state index is 3.87. The van der Waals surface area contributed by atoms with Crippen LogP contribution in [0, 0.1) is 11.3 Å². The average Bonchev–Trinajstić information content (AvgIpc) is 2.73. The minimum Gasteiger partial charge on any atom is -0.312 e. The van der Waals surface area contributed by atoms with Gasteiger partial charge in [-0.25, -0.2) is 0 Å². The Morgan fingerprint density at radius 1 is 1.00 bits per heavy atom. The molecule has 0 radical (unpaired) electrons. The van der Waals surface area contributed by atoms with Crippen LogP contribution in [0.5, 0.6) is 0 Å². The number of hydrogen-bond donors (Lipinski definition) is 1. The van der Waals surface area contributed by atoms with Gasteiger partial charge in [-0.15, -0.1) is 0 Å². The maximum Gasteiger partial charge on any atom is 0.0252 e. The fourth-order valence-electron chi connectivity index (χ4n) is 4.33. The van der Waals surface area contributed by atoms with Crippen LogP contribution >= 0.6 is 0 Å². The lowest BCUT2D eigenvalue weighted by Gasteiger charge is -2.46. The largest absolute Gasteiger partial charge is 0.312 e. The lowest BCUT2D eigenvalue weighted by Crippen LogP contribution is -2.54. The highest BCUT2D eigenvalue weighted by Crippen LogP contribution is 2.39. The van der Waals surface area contributed by atoms with Gasteiger partial charge in [0.15, 0.2) is 0 Å². The Labute approximate surface area is 133 Å². The van der Waals surface area contributed by atoms with E-state index in [0.29, 0.717) is 5.41 Å². The SMILES string of the molecule is CCCNC1CCC(C(C)(C)C)CC1N1CCCCCC1. The summed E-state index contributed by atoms with van der Waals surface area (Å²) in [5.41, 5.74) is 0.472. The fourth-order valence-corrected chi connectivity index (χ4v) is 4.33. The molecule has 1 N–H and O–H groups in total. The highest BCUT2D eigenvalue weighted by atomic mass is 15.2. The fraction of sp³-hybridized carbons (Fsp3) is 1.00. The summed E-state index contributed by atoms with van der Waals surface area (Å²) in [6.45, 7) is 13.5. The van der Waals surface area contributed by atoms with Crippen molar-refractivity contribution >= 4 is 0 Å². The van der Waals surface area contributed by atoms with Crippen LogP contribution in [0.4, 0.5) is 0 Å². The molecule has 2 nitrogen and oxygen atoms in total. The van der Waals surface area contributed by atoms with E-state index in [4.69, 9.17) is 0 Å². The molecule has 3 atom stereocenters. The van der Waals surface area contributed by atoms with E-state index in [1.807, 2.05) is 0 Å². The summed E-state index contributed by atoms with van der Waals surface area (Å²) in [6.07, 6.45) is 11.2.